The number of hydrogen-bond acceptors (Lipinski definition) is 2. The van der Waals surface area contributed by atoms with Gasteiger partial charge in [-0.2, -0.15) is 0 Å². The van der Waals surface area contributed by atoms with Crippen molar-refractivity contribution in [1.29, 1.82) is 0 Å². The van der Waals surface area contributed by atoms with Crippen LogP contribution in [0, 0.1) is 5.82 Å². The summed E-state index contributed by atoms with van der Waals surface area (Å²) in [5.41, 5.74) is 0.533. The molecule has 0 aromatic heterocycles. The van der Waals surface area contributed by atoms with Gasteiger partial charge in [-0.25, -0.2) is 4.39 Å². The SMILES string of the molecule is CCCNC(=O)C(C)Nc1ccc(Cl)c(F)c1. The molecule has 0 radical (unpaired) electrons. The van der Waals surface area contributed by atoms with Crippen LogP contribution in [0.2, 0.25) is 5.02 Å². The van der Waals surface area contributed by atoms with Crippen molar-refractivity contribution in [3.63, 3.8) is 0 Å². The predicted octanol–water partition coefficient (Wildman–Crippen LogP) is 2.81. The standard InChI is InChI=1S/C12H16ClFN2O/c1-3-6-15-12(17)8(2)16-9-4-5-10(13)11(14)7-9/h4-5,7-8,16H,3,6H2,1-2H3,(H,15,17). The third-order valence-corrected chi connectivity index (χ3v) is 2.55. The van der Waals surface area contributed by atoms with Crippen molar-refractivity contribution >= 4 is 23.2 Å². The minimum atomic E-state index is -0.502. The van der Waals surface area contributed by atoms with Crippen LogP contribution >= 0.6 is 11.6 Å². The van der Waals surface area contributed by atoms with Gasteiger partial charge in [0.2, 0.25) is 5.91 Å². The second kappa shape index (κ2) is 6.45. The van der Waals surface area contributed by atoms with Crippen molar-refractivity contribution in [3.8, 4) is 0 Å². The molecule has 0 spiro atoms. The molecular weight excluding hydrogens is 243 g/mol. The highest BCUT2D eigenvalue weighted by Gasteiger charge is 2.12. The van der Waals surface area contributed by atoms with Gasteiger partial charge in [0.1, 0.15) is 11.9 Å². The normalized spacial score (nSPS) is 12.0. The van der Waals surface area contributed by atoms with Crippen molar-refractivity contribution in [1.82, 2.24) is 5.32 Å². The quantitative estimate of drug-likeness (QED) is 0.853. The maximum atomic E-state index is 13.2. The minimum absolute atomic E-state index is 0.0682. The highest BCUT2D eigenvalue weighted by atomic mass is 35.5. The lowest BCUT2D eigenvalue weighted by atomic mass is 10.2. The van der Waals surface area contributed by atoms with Gasteiger partial charge >= 0.3 is 0 Å². The summed E-state index contributed by atoms with van der Waals surface area (Å²) in [4.78, 5) is 11.6. The predicted molar refractivity (Wildman–Crippen MR) is 67.8 cm³/mol. The van der Waals surface area contributed by atoms with Crippen LogP contribution in [0.4, 0.5) is 10.1 Å². The Labute approximate surface area is 105 Å². The maximum Gasteiger partial charge on any atom is 0.242 e. The number of benzene rings is 1. The van der Waals surface area contributed by atoms with Crippen LogP contribution in [-0.4, -0.2) is 18.5 Å². The van der Waals surface area contributed by atoms with Gasteiger partial charge in [0.25, 0.3) is 0 Å². The van der Waals surface area contributed by atoms with E-state index in [1.54, 1.807) is 13.0 Å². The highest BCUT2D eigenvalue weighted by Crippen LogP contribution is 2.19. The van der Waals surface area contributed by atoms with Crippen LogP contribution in [-0.2, 0) is 4.79 Å². The van der Waals surface area contributed by atoms with Crippen LogP contribution in [0.3, 0.4) is 0 Å². The average molecular weight is 259 g/mol. The van der Waals surface area contributed by atoms with Crippen LogP contribution in [0.15, 0.2) is 18.2 Å². The topological polar surface area (TPSA) is 41.1 Å². The second-order valence-electron chi connectivity index (χ2n) is 3.79. The zero-order valence-corrected chi connectivity index (χ0v) is 10.6. The van der Waals surface area contributed by atoms with Crippen LogP contribution in [0.5, 0.6) is 0 Å². The third kappa shape index (κ3) is 4.23. The molecule has 94 valence electrons. The molecule has 3 nitrogen and oxygen atoms in total. The molecule has 1 rings (SSSR count). The van der Waals surface area contributed by atoms with Gasteiger partial charge < -0.3 is 10.6 Å². The molecule has 1 aromatic carbocycles. The zero-order valence-electron chi connectivity index (χ0n) is 9.89. The third-order valence-electron chi connectivity index (χ3n) is 2.25. The number of amides is 1. The lowest BCUT2D eigenvalue weighted by Crippen LogP contribution is -2.37. The van der Waals surface area contributed by atoms with Gasteiger partial charge in [-0.3, -0.25) is 4.79 Å². The first-order valence-electron chi connectivity index (χ1n) is 5.54. The summed E-state index contributed by atoms with van der Waals surface area (Å²) in [6, 6.07) is 3.94. The molecule has 0 fully saturated rings. The van der Waals surface area contributed by atoms with E-state index < -0.39 is 11.9 Å². The molecule has 0 heterocycles. The van der Waals surface area contributed by atoms with Crippen molar-refractivity contribution in [2.45, 2.75) is 26.3 Å². The molecule has 5 heteroatoms. The largest absolute Gasteiger partial charge is 0.374 e. The van der Waals surface area contributed by atoms with Crippen molar-refractivity contribution < 1.29 is 9.18 Å². The molecule has 0 bridgehead atoms. The fourth-order valence-electron chi connectivity index (χ4n) is 1.30. The highest BCUT2D eigenvalue weighted by molar-refractivity contribution is 6.30. The van der Waals surface area contributed by atoms with Gasteiger partial charge in [0, 0.05) is 12.2 Å². The Hall–Kier alpha value is -1.29. The molecule has 17 heavy (non-hydrogen) atoms. The second-order valence-corrected chi connectivity index (χ2v) is 4.19. The lowest BCUT2D eigenvalue weighted by Gasteiger charge is -2.15. The number of carbonyl (C=O) groups is 1. The van der Waals surface area contributed by atoms with Crippen molar-refractivity contribution in [2.75, 3.05) is 11.9 Å². The average Bonchev–Trinajstić information content (AvgIpc) is 2.30. The molecule has 1 amide bonds. The van der Waals surface area contributed by atoms with E-state index in [1.807, 2.05) is 6.92 Å². The fraction of sp³-hybridized carbons (Fsp3) is 0.417. The van der Waals surface area contributed by atoms with E-state index in [4.69, 9.17) is 11.6 Å². The Bertz CT molecular complexity index is 398. The Morgan fingerprint density at radius 2 is 2.24 bits per heavy atom. The van der Waals surface area contributed by atoms with E-state index in [1.165, 1.54) is 12.1 Å². The molecule has 0 saturated heterocycles. The number of halogens is 2. The summed E-state index contributed by atoms with van der Waals surface area (Å²) in [6.45, 7) is 4.34. The number of nitrogens with one attached hydrogen (secondary N) is 2. The Balaban J connectivity index is 2.58. The first-order chi connectivity index (χ1) is 8.04. The number of carbonyl (C=O) groups excluding carboxylic acids is 1. The number of rotatable bonds is 5. The summed E-state index contributed by atoms with van der Waals surface area (Å²) in [6.07, 6.45) is 0.883. The smallest absolute Gasteiger partial charge is 0.242 e. The Kier molecular flexibility index (Phi) is 5.22. The van der Waals surface area contributed by atoms with Crippen molar-refractivity contribution in [2.24, 2.45) is 0 Å². The molecule has 1 unspecified atom stereocenters. The van der Waals surface area contributed by atoms with Gasteiger partial charge in [-0.05, 0) is 31.5 Å². The first-order valence-corrected chi connectivity index (χ1v) is 5.91. The molecule has 1 atom stereocenters. The molecule has 0 aliphatic rings. The molecule has 1 aromatic rings. The number of anilines is 1. The van der Waals surface area contributed by atoms with E-state index in [9.17, 15) is 9.18 Å². The number of hydrogen-bond donors (Lipinski definition) is 2. The molecule has 0 aliphatic heterocycles. The van der Waals surface area contributed by atoms with Gasteiger partial charge in [-0.1, -0.05) is 18.5 Å². The van der Waals surface area contributed by atoms with E-state index in [-0.39, 0.29) is 10.9 Å². The Morgan fingerprint density at radius 1 is 1.53 bits per heavy atom. The summed E-state index contributed by atoms with van der Waals surface area (Å²) in [5.74, 6) is -0.611. The summed E-state index contributed by atoms with van der Waals surface area (Å²) < 4.78 is 13.2. The molecule has 0 aliphatic carbocycles. The maximum absolute atomic E-state index is 13.2. The zero-order chi connectivity index (χ0) is 12.8. The molecule has 2 N–H and O–H groups in total. The van der Waals surface area contributed by atoms with Gasteiger partial charge in [0.05, 0.1) is 5.02 Å². The minimum Gasteiger partial charge on any atom is -0.374 e. The van der Waals surface area contributed by atoms with E-state index in [0.717, 1.165) is 6.42 Å². The lowest BCUT2D eigenvalue weighted by molar-refractivity contribution is -0.121. The van der Waals surface area contributed by atoms with E-state index in [0.29, 0.717) is 12.2 Å². The molecule has 0 saturated carbocycles. The van der Waals surface area contributed by atoms with E-state index in [2.05, 4.69) is 10.6 Å². The van der Waals surface area contributed by atoms with Crippen LogP contribution < -0.4 is 10.6 Å². The Morgan fingerprint density at radius 3 is 2.82 bits per heavy atom. The summed E-state index contributed by atoms with van der Waals surface area (Å²) >= 11 is 5.57. The van der Waals surface area contributed by atoms with Crippen molar-refractivity contribution in [3.05, 3.63) is 29.0 Å². The first kappa shape index (κ1) is 13.8. The van der Waals surface area contributed by atoms with Crippen LogP contribution in [0.25, 0.3) is 0 Å². The van der Waals surface area contributed by atoms with Gasteiger partial charge in [0.15, 0.2) is 0 Å². The summed E-state index contributed by atoms with van der Waals surface area (Å²) in [5, 5.41) is 5.73. The van der Waals surface area contributed by atoms with Crippen LogP contribution in [0.1, 0.15) is 20.3 Å². The van der Waals surface area contributed by atoms with E-state index >= 15 is 0 Å². The molecular formula is C12H16ClFN2O. The summed E-state index contributed by atoms with van der Waals surface area (Å²) in [7, 11) is 0. The monoisotopic (exact) mass is 258 g/mol. The fourth-order valence-corrected chi connectivity index (χ4v) is 1.42. The van der Waals surface area contributed by atoms with Gasteiger partial charge in [-0.15, -0.1) is 0 Å².